The lowest BCUT2D eigenvalue weighted by atomic mass is 9.86. The van der Waals surface area contributed by atoms with Crippen LogP contribution in [0.2, 0.25) is 0 Å². The Kier molecular flexibility index (Phi) is 5.35. The van der Waals surface area contributed by atoms with Gasteiger partial charge in [0.2, 0.25) is 0 Å². The van der Waals surface area contributed by atoms with Gasteiger partial charge in [-0.3, -0.25) is 9.36 Å². The average Bonchev–Trinajstić information content (AvgIpc) is 3.27. The van der Waals surface area contributed by atoms with Crippen LogP contribution in [0.25, 0.3) is 5.69 Å². The highest BCUT2D eigenvalue weighted by molar-refractivity contribution is 7.90. The van der Waals surface area contributed by atoms with Gasteiger partial charge < -0.3 is 14.4 Å². The Bertz CT molecular complexity index is 1360. The molecule has 10 heteroatoms. The Morgan fingerprint density at radius 1 is 1.03 bits per heavy atom. The van der Waals surface area contributed by atoms with Crippen molar-refractivity contribution in [2.75, 3.05) is 19.3 Å². The topological polar surface area (TPSA) is 77.8 Å². The number of amides is 1. The maximum atomic E-state index is 13.1. The number of para-hydroxylation sites is 3. The van der Waals surface area contributed by atoms with Crippen LogP contribution in [0.3, 0.4) is 0 Å². The zero-order valence-corrected chi connectivity index (χ0v) is 19.1. The molecule has 34 heavy (non-hydrogen) atoms. The van der Waals surface area contributed by atoms with Gasteiger partial charge in [0.25, 0.3) is 5.91 Å². The molecule has 5 rings (SSSR count). The Hall–Kier alpha value is -3.40. The first-order chi connectivity index (χ1) is 16.2. The number of benzene rings is 2. The zero-order chi connectivity index (χ0) is 24.1. The second kappa shape index (κ2) is 8.12. The fraction of sp³-hybridized carbons (Fsp3) is 0.292. The normalized spacial score (nSPS) is 16.6. The maximum absolute atomic E-state index is 13.1. The molecule has 0 bridgehead atoms. The van der Waals surface area contributed by atoms with E-state index in [1.54, 1.807) is 39.8 Å². The monoisotopic (exact) mass is 488 g/mol. The quantitative estimate of drug-likeness (QED) is 0.555. The molecule has 0 aliphatic carbocycles. The van der Waals surface area contributed by atoms with Crippen molar-refractivity contribution in [1.29, 1.82) is 0 Å². The van der Waals surface area contributed by atoms with E-state index in [9.17, 15) is 22.0 Å². The van der Waals surface area contributed by atoms with Crippen LogP contribution in [-0.2, 0) is 15.4 Å². The summed E-state index contributed by atoms with van der Waals surface area (Å²) in [5, 5.41) is 0.175. The van der Waals surface area contributed by atoms with Crippen molar-refractivity contribution in [1.82, 2.24) is 9.47 Å². The standard InChI is InChI=1S/C24H22F2N2O5S/c1-34(30,31)21-11-10-20-24(33-19-9-5-3-7-17(19)28(20)21)12-14-27(15-13-24)22(29)16-6-2-4-8-18(16)32-23(25)26/h2-11,23H,12-15H2,1H3. The minimum Gasteiger partial charge on any atom is -0.479 e. The van der Waals surface area contributed by atoms with Gasteiger partial charge in [0.05, 0.1) is 16.9 Å². The van der Waals surface area contributed by atoms with Gasteiger partial charge in [-0.05, 0) is 36.4 Å². The van der Waals surface area contributed by atoms with Crippen molar-refractivity contribution < 1.29 is 31.5 Å². The summed E-state index contributed by atoms with van der Waals surface area (Å²) in [4.78, 5) is 14.7. The van der Waals surface area contributed by atoms with Crippen LogP contribution < -0.4 is 9.47 Å². The molecule has 0 atom stereocenters. The lowest BCUT2D eigenvalue weighted by molar-refractivity contribution is -0.0504. The van der Waals surface area contributed by atoms with Gasteiger partial charge in [-0.25, -0.2) is 8.42 Å². The largest absolute Gasteiger partial charge is 0.479 e. The Balaban J connectivity index is 1.46. The molecule has 0 radical (unpaired) electrons. The van der Waals surface area contributed by atoms with Gasteiger partial charge in [-0.2, -0.15) is 8.78 Å². The first-order valence-corrected chi connectivity index (χ1v) is 12.6. The summed E-state index contributed by atoms with van der Waals surface area (Å²) in [7, 11) is -3.51. The van der Waals surface area contributed by atoms with Gasteiger partial charge in [0.1, 0.15) is 16.5 Å². The van der Waals surface area contributed by atoms with Gasteiger partial charge >= 0.3 is 6.61 Å². The number of carbonyl (C=O) groups is 1. The molecule has 2 aliphatic heterocycles. The zero-order valence-electron chi connectivity index (χ0n) is 18.3. The number of piperidine rings is 1. The van der Waals surface area contributed by atoms with Gasteiger partial charge in [-0.1, -0.05) is 24.3 Å². The Labute approximate surface area is 195 Å². The molecule has 2 aliphatic rings. The predicted octanol–water partition coefficient (Wildman–Crippen LogP) is 4.01. The molecule has 1 saturated heterocycles. The van der Waals surface area contributed by atoms with Gasteiger partial charge in [-0.15, -0.1) is 0 Å². The summed E-state index contributed by atoms with van der Waals surface area (Å²) in [5.74, 6) is -0.0154. The minimum atomic E-state index is -3.51. The van der Waals surface area contributed by atoms with Crippen molar-refractivity contribution in [3.63, 3.8) is 0 Å². The minimum absolute atomic E-state index is 0.0661. The first kappa shape index (κ1) is 22.4. The van der Waals surface area contributed by atoms with E-state index in [4.69, 9.17) is 4.74 Å². The summed E-state index contributed by atoms with van der Waals surface area (Å²) in [6.07, 6.45) is 1.97. The van der Waals surface area contributed by atoms with Crippen LogP contribution in [0.15, 0.2) is 65.7 Å². The van der Waals surface area contributed by atoms with Crippen molar-refractivity contribution in [2.24, 2.45) is 0 Å². The summed E-state index contributed by atoms with van der Waals surface area (Å²) >= 11 is 0. The van der Waals surface area contributed by atoms with Crippen molar-refractivity contribution >= 4 is 15.7 Å². The SMILES string of the molecule is CS(=O)(=O)c1ccc2n1-c1ccccc1OC21CCN(C(=O)c2ccccc2OC(F)F)CC1. The molecule has 7 nitrogen and oxygen atoms in total. The number of ether oxygens (including phenoxy) is 2. The van der Waals surface area contributed by atoms with Crippen LogP contribution in [0, 0.1) is 0 Å². The summed E-state index contributed by atoms with van der Waals surface area (Å²) in [6, 6.07) is 16.5. The fourth-order valence-electron chi connectivity index (χ4n) is 4.74. The number of carbonyl (C=O) groups excluding carboxylic acids is 1. The third kappa shape index (κ3) is 3.71. The Morgan fingerprint density at radius 3 is 2.41 bits per heavy atom. The molecule has 1 spiro atoms. The first-order valence-electron chi connectivity index (χ1n) is 10.7. The number of nitrogens with zero attached hydrogens (tertiary/aromatic N) is 2. The lowest BCUT2D eigenvalue weighted by Gasteiger charge is -2.45. The van der Waals surface area contributed by atoms with E-state index in [2.05, 4.69) is 4.74 Å². The number of aromatic nitrogens is 1. The van der Waals surface area contributed by atoms with E-state index in [0.29, 0.717) is 43.1 Å². The van der Waals surface area contributed by atoms with Gasteiger partial charge in [0.15, 0.2) is 15.4 Å². The highest BCUT2D eigenvalue weighted by Crippen LogP contribution is 2.46. The Morgan fingerprint density at radius 2 is 1.71 bits per heavy atom. The highest BCUT2D eigenvalue weighted by atomic mass is 32.2. The molecule has 3 aromatic rings. The number of rotatable bonds is 4. The summed E-state index contributed by atoms with van der Waals surface area (Å²) in [6.45, 7) is -2.45. The molecular formula is C24H22F2N2O5S. The number of hydrogen-bond donors (Lipinski definition) is 0. The van der Waals surface area contributed by atoms with E-state index < -0.39 is 28.0 Å². The van der Waals surface area contributed by atoms with E-state index >= 15 is 0 Å². The molecule has 3 heterocycles. The molecule has 0 saturated carbocycles. The molecule has 1 amide bonds. The van der Waals surface area contributed by atoms with E-state index in [0.717, 1.165) is 0 Å². The van der Waals surface area contributed by atoms with E-state index in [-0.39, 0.29) is 16.3 Å². The number of hydrogen-bond acceptors (Lipinski definition) is 5. The second-order valence-electron chi connectivity index (χ2n) is 8.40. The number of sulfone groups is 1. The van der Waals surface area contributed by atoms with Crippen LogP contribution in [0.4, 0.5) is 8.78 Å². The third-order valence-electron chi connectivity index (χ3n) is 6.30. The molecule has 0 unspecified atom stereocenters. The second-order valence-corrected chi connectivity index (χ2v) is 10.4. The highest BCUT2D eigenvalue weighted by Gasteiger charge is 2.46. The molecule has 0 N–H and O–H groups in total. The smallest absolute Gasteiger partial charge is 0.387 e. The number of alkyl halides is 2. The maximum Gasteiger partial charge on any atom is 0.387 e. The lowest BCUT2D eigenvalue weighted by Crippen LogP contribution is -2.50. The number of fused-ring (bicyclic) bond motifs is 4. The van der Waals surface area contributed by atoms with Crippen molar-refractivity contribution in [2.45, 2.75) is 30.1 Å². The molecule has 178 valence electrons. The van der Waals surface area contributed by atoms with E-state index in [1.807, 2.05) is 12.1 Å². The third-order valence-corrected chi connectivity index (χ3v) is 7.37. The van der Waals surface area contributed by atoms with Crippen molar-refractivity contribution in [3.05, 3.63) is 71.9 Å². The van der Waals surface area contributed by atoms with Crippen LogP contribution in [0.5, 0.6) is 11.5 Å². The fourth-order valence-corrected chi connectivity index (χ4v) is 5.59. The van der Waals surface area contributed by atoms with Crippen molar-refractivity contribution in [3.8, 4) is 17.2 Å². The summed E-state index contributed by atoms with van der Waals surface area (Å²) in [5.41, 5.74) is 0.592. The molecule has 1 fully saturated rings. The predicted molar refractivity (Wildman–Crippen MR) is 119 cm³/mol. The van der Waals surface area contributed by atoms with E-state index in [1.165, 1.54) is 24.5 Å². The van der Waals surface area contributed by atoms with Crippen LogP contribution >= 0.6 is 0 Å². The van der Waals surface area contributed by atoms with Crippen LogP contribution in [-0.4, -0.2) is 49.7 Å². The molecular weight excluding hydrogens is 466 g/mol. The summed E-state index contributed by atoms with van der Waals surface area (Å²) < 4.78 is 63.2. The number of likely N-dealkylation sites (tertiary alicyclic amines) is 1. The average molecular weight is 489 g/mol. The van der Waals surface area contributed by atoms with Gasteiger partial charge in [0, 0.05) is 32.2 Å². The molecule has 2 aromatic carbocycles. The number of halogens is 2. The van der Waals surface area contributed by atoms with Crippen LogP contribution in [0.1, 0.15) is 28.9 Å². The molecule has 1 aromatic heterocycles.